The summed E-state index contributed by atoms with van der Waals surface area (Å²) in [6.07, 6.45) is 1.52. The second-order valence-corrected chi connectivity index (χ2v) is 31.4. The Morgan fingerprint density at radius 2 is 1.00 bits per heavy atom. The van der Waals surface area contributed by atoms with E-state index in [0.717, 1.165) is 53.8 Å². The Hall–Kier alpha value is -1.48. The maximum Gasteiger partial charge on any atom is 0.192 e. The van der Waals surface area contributed by atoms with Crippen LogP contribution in [0.25, 0.3) is 0 Å². The summed E-state index contributed by atoms with van der Waals surface area (Å²) in [6, 6.07) is 26.7. The van der Waals surface area contributed by atoms with Crippen molar-refractivity contribution in [2.75, 3.05) is 13.2 Å². The molecule has 0 bridgehead atoms. The van der Waals surface area contributed by atoms with E-state index in [1.165, 1.54) is 0 Å². The van der Waals surface area contributed by atoms with Gasteiger partial charge in [-0.15, -0.1) is 0 Å². The third-order valence-corrected chi connectivity index (χ3v) is 26.3. The van der Waals surface area contributed by atoms with E-state index in [1.54, 1.807) is 0 Å². The standard InChI is InChI=1S/C45H80O7Si3/c1-12-54(13-2,14-3)51-42(28-30-48-36-38-24-20-18-21-25-38)33-40(46)32-41(47)34-44(50-53(10,11)45(7,8)9)35-43(52-55(15-4,16-5)17-6)29-31-49-37-39-26-22-19-23-27-39/h18-27,40,42-44,46H,12-17,28-37H2,1-11H3. The molecule has 0 aromatic heterocycles. The number of Topliss-reactive ketones (excluding diaryl/α,β-unsaturated/α-hetero) is 1. The molecule has 0 saturated carbocycles. The Bertz CT molecular complexity index is 1280. The van der Waals surface area contributed by atoms with E-state index >= 15 is 0 Å². The van der Waals surface area contributed by atoms with Crippen molar-refractivity contribution in [3.05, 3.63) is 71.8 Å². The Morgan fingerprint density at radius 1 is 0.600 bits per heavy atom. The summed E-state index contributed by atoms with van der Waals surface area (Å²) in [7, 11) is -6.15. The zero-order chi connectivity index (χ0) is 41.0. The molecule has 0 radical (unpaired) electrons. The van der Waals surface area contributed by atoms with Gasteiger partial charge in [-0.25, -0.2) is 0 Å². The van der Waals surface area contributed by atoms with Crippen molar-refractivity contribution >= 4 is 30.7 Å². The lowest BCUT2D eigenvalue weighted by molar-refractivity contribution is -0.123. The van der Waals surface area contributed by atoms with Crippen molar-refractivity contribution in [3.63, 3.8) is 0 Å². The fraction of sp³-hybridized carbons (Fsp3) is 0.711. The first-order chi connectivity index (χ1) is 26.1. The smallest absolute Gasteiger partial charge is 0.192 e. The monoisotopic (exact) mass is 817 g/mol. The second kappa shape index (κ2) is 25.1. The summed E-state index contributed by atoms with van der Waals surface area (Å²) in [5, 5.41) is 11.5. The number of carbonyl (C=O) groups excluding carboxylic acids is 1. The highest BCUT2D eigenvalue weighted by molar-refractivity contribution is 6.74. The molecule has 0 amide bonds. The fourth-order valence-corrected chi connectivity index (χ4v) is 14.4. The predicted octanol–water partition coefficient (Wildman–Crippen LogP) is 11.9. The molecule has 0 spiro atoms. The largest absolute Gasteiger partial charge is 0.414 e. The van der Waals surface area contributed by atoms with E-state index in [4.69, 9.17) is 22.8 Å². The third-order valence-electron chi connectivity index (χ3n) is 12.3. The second-order valence-electron chi connectivity index (χ2n) is 17.2. The minimum Gasteiger partial charge on any atom is -0.414 e. The molecule has 314 valence electrons. The van der Waals surface area contributed by atoms with Crippen LogP contribution in [0.3, 0.4) is 0 Å². The van der Waals surface area contributed by atoms with Crippen LogP contribution in [0, 0.1) is 0 Å². The number of aliphatic hydroxyl groups is 1. The average Bonchev–Trinajstić information content (AvgIpc) is 3.16. The first-order valence-electron chi connectivity index (χ1n) is 21.6. The van der Waals surface area contributed by atoms with Crippen LogP contribution in [0.15, 0.2) is 60.7 Å². The lowest BCUT2D eigenvalue weighted by Crippen LogP contribution is -2.47. The predicted molar refractivity (Wildman–Crippen MR) is 237 cm³/mol. The SMILES string of the molecule is CC[Si](CC)(CC)OC(CCOCc1ccccc1)CC(O)CC(=O)CC(CC(CCOCc1ccccc1)O[Si](CC)(CC)CC)O[Si](C)(C)C(C)(C)C. The minimum atomic E-state index is -2.24. The van der Waals surface area contributed by atoms with Crippen LogP contribution >= 0.6 is 0 Å². The molecule has 7 nitrogen and oxygen atoms in total. The zero-order valence-electron chi connectivity index (χ0n) is 36.8. The number of rotatable bonds is 30. The number of ether oxygens (including phenoxy) is 2. The molecule has 10 heteroatoms. The molecule has 2 rings (SSSR count). The topological polar surface area (TPSA) is 83.5 Å². The molecule has 4 unspecified atom stereocenters. The maximum atomic E-state index is 14.0. The van der Waals surface area contributed by atoms with Gasteiger partial charge < -0.3 is 27.9 Å². The molecule has 0 aliphatic carbocycles. The lowest BCUT2D eigenvalue weighted by Gasteiger charge is -2.41. The molecule has 0 aliphatic heterocycles. The minimum absolute atomic E-state index is 0.0148. The molecule has 0 fully saturated rings. The van der Waals surface area contributed by atoms with Crippen LogP contribution in [0.1, 0.15) is 112 Å². The Balaban J connectivity index is 2.22. The van der Waals surface area contributed by atoms with Gasteiger partial charge in [0.1, 0.15) is 5.78 Å². The van der Waals surface area contributed by atoms with Gasteiger partial charge in [-0.3, -0.25) is 4.79 Å². The first-order valence-corrected chi connectivity index (χ1v) is 29.5. The van der Waals surface area contributed by atoms with Gasteiger partial charge in [0.05, 0.1) is 25.4 Å². The first kappa shape index (κ1) is 49.7. The molecule has 0 heterocycles. The van der Waals surface area contributed by atoms with Crippen LogP contribution in [-0.2, 0) is 40.8 Å². The van der Waals surface area contributed by atoms with Crippen molar-refractivity contribution in [3.8, 4) is 0 Å². The Kier molecular flexibility index (Phi) is 22.7. The molecule has 0 aliphatic rings. The van der Waals surface area contributed by atoms with Gasteiger partial charge in [-0.05, 0) is 91.2 Å². The van der Waals surface area contributed by atoms with E-state index in [2.05, 4.69) is 99.7 Å². The van der Waals surface area contributed by atoms with Gasteiger partial charge in [-0.1, -0.05) is 123 Å². The van der Waals surface area contributed by atoms with Gasteiger partial charge in [0, 0.05) is 38.3 Å². The molecular formula is C45H80O7Si3. The Labute approximate surface area is 340 Å². The van der Waals surface area contributed by atoms with Gasteiger partial charge in [0.2, 0.25) is 0 Å². The quantitative estimate of drug-likeness (QED) is 0.0621. The summed E-state index contributed by atoms with van der Waals surface area (Å²) in [4.78, 5) is 14.0. The number of aliphatic hydroxyl groups excluding tert-OH is 1. The molecule has 0 saturated heterocycles. The average molecular weight is 817 g/mol. The molecule has 1 N–H and O–H groups in total. The van der Waals surface area contributed by atoms with E-state index in [0.29, 0.717) is 45.7 Å². The van der Waals surface area contributed by atoms with Gasteiger partial charge in [0.15, 0.2) is 25.0 Å². The van der Waals surface area contributed by atoms with Crippen LogP contribution in [0.5, 0.6) is 0 Å². The van der Waals surface area contributed by atoms with Gasteiger partial charge >= 0.3 is 0 Å². The molecule has 2 aromatic rings. The summed E-state index contributed by atoms with van der Waals surface area (Å²) in [5.41, 5.74) is 2.29. The van der Waals surface area contributed by atoms with Crippen molar-refractivity contribution in [2.45, 2.75) is 193 Å². The number of carbonyl (C=O) groups is 1. The summed E-state index contributed by atoms with van der Waals surface area (Å²) in [6.45, 7) is 26.9. The number of hydrogen-bond acceptors (Lipinski definition) is 7. The van der Waals surface area contributed by atoms with E-state index < -0.39 is 31.1 Å². The summed E-state index contributed by atoms with van der Waals surface area (Å²) in [5.74, 6) is 0.0318. The number of hydrogen-bond donors (Lipinski definition) is 1. The van der Waals surface area contributed by atoms with Crippen molar-refractivity contribution in [1.29, 1.82) is 0 Å². The van der Waals surface area contributed by atoms with E-state index in [1.807, 2.05) is 36.4 Å². The van der Waals surface area contributed by atoms with Crippen molar-refractivity contribution in [1.82, 2.24) is 0 Å². The van der Waals surface area contributed by atoms with E-state index in [9.17, 15) is 9.90 Å². The maximum absolute atomic E-state index is 14.0. The zero-order valence-corrected chi connectivity index (χ0v) is 39.8. The third kappa shape index (κ3) is 17.9. The molecule has 4 atom stereocenters. The van der Waals surface area contributed by atoms with Crippen LogP contribution in [0.4, 0.5) is 0 Å². The van der Waals surface area contributed by atoms with Crippen LogP contribution in [0.2, 0.25) is 54.4 Å². The number of benzene rings is 2. The summed E-state index contributed by atoms with van der Waals surface area (Å²) < 4.78 is 33.4. The van der Waals surface area contributed by atoms with Crippen molar-refractivity contribution in [2.24, 2.45) is 0 Å². The van der Waals surface area contributed by atoms with Crippen LogP contribution in [-0.4, -0.2) is 73.5 Å². The van der Waals surface area contributed by atoms with Crippen LogP contribution < -0.4 is 0 Å². The van der Waals surface area contributed by atoms with Gasteiger partial charge in [-0.2, -0.15) is 0 Å². The number of ketones is 1. The van der Waals surface area contributed by atoms with Gasteiger partial charge in [0.25, 0.3) is 0 Å². The highest BCUT2D eigenvalue weighted by Gasteiger charge is 2.41. The molecule has 55 heavy (non-hydrogen) atoms. The van der Waals surface area contributed by atoms with E-state index in [-0.39, 0.29) is 42.0 Å². The normalized spacial score (nSPS) is 15.1. The highest BCUT2D eigenvalue weighted by Crippen LogP contribution is 2.39. The molecular weight excluding hydrogens is 737 g/mol. The highest BCUT2D eigenvalue weighted by atomic mass is 28.4. The van der Waals surface area contributed by atoms with Crippen molar-refractivity contribution < 1.29 is 32.7 Å². The molecule has 2 aromatic carbocycles. The summed E-state index contributed by atoms with van der Waals surface area (Å²) >= 11 is 0. The Morgan fingerprint density at radius 3 is 1.38 bits per heavy atom. The lowest BCUT2D eigenvalue weighted by atomic mass is 9.99. The fourth-order valence-electron chi connectivity index (χ4n) is 7.16.